The van der Waals surface area contributed by atoms with Crippen molar-refractivity contribution < 1.29 is 14.3 Å². The van der Waals surface area contributed by atoms with Crippen molar-refractivity contribution in [1.29, 1.82) is 0 Å². The first-order chi connectivity index (χ1) is 9.31. The molecule has 1 aromatic rings. The van der Waals surface area contributed by atoms with E-state index in [9.17, 15) is 4.79 Å². The lowest BCUT2D eigenvalue weighted by Gasteiger charge is -2.25. The Morgan fingerprint density at radius 2 is 1.90 bits per heavy atom. The molecular weight excluding hydrogens is 252 g/mol. The van der Waals surface area contributed by atoms with E-state index in [-0.39, 0.29) is 11.4 Å². The average Bonchev–Trinajstić information content (AvgIpc) is 2.67. The summed E-state index contributed by atoms with van der Waals surface area (Å²) in [7, 11) is 0. The molecule has 1 aliphatic rings. The van der Waals surface area contributed by atoms with E-state index in [1.54, 1.807) is 6.92 Å². The first-order valence-electron chi connectivity index (χ1n) is 6.92. The number of hydrogen-bond donors (Lipinski definition) is 0. The third-order valence-corrected chi connectivity index (χ3v) is 3.34. The van der Waals surface area contributed by atoms with E-state index in [1.165, 1.54) is 0 Å². The van der Waals surface area contributed by atoms with Crippen molar-refractivity contribution in [3.63, 3.8) is 0 Å². The van der Waals surface area contributed by atoms with Gasteiger partial charge in [-0.05, 0) is 12.5 Å². The highest BCUT2D eigenvalue weighted by Gasteiger charge is 2.49. The van der Waals surface area contributed by atoms with Crippen LogP contribution < -0.4 is 0 Å². The lowest BCUT2D eigenvalue weighted by atomic mass is 9.96. The molecule has 0 spiro atoms. The van der Waals surface area contributed by atoms with Crippen LogP contribution in [0.15, 0.2) is 36.4 Å². The zero-order chi connectivity index (χ0) is 14.8. The Bertz CT molecular complexity index is 499. The molecule has 2 rings (SSSR count). The summed E-state index contributed by atoms with van der Waals surface area (Å²) in [6.45, 7) is 7.78. The molecule has 3 nitrogen and oxygen atoms in total. The van der Waals surface area contributed by atoms with Crippen molar-refractivity contribution in [3.05, 3.63) is 42.0 Å². The monoisotopic (exact) mass is 274 g/mol. The maximum Gasteiger partial charge on any atom is 0.340 e. The number of cyclic esters (lactones) is 1. The number of esters is 1. The van der Waals surface area contributed by atoms with Crippen LogP contribution in [0.4, 0.5) is 0 Å². The fourth-order valence-corrected chi connectivity index (χ4v) is 2.00. The Balaban J connectivity index is 2.02. The molecule has 2 atom stereocenters. The molecule has 20 heavy (non-hydrogen) atoms. The predicted molar refractivity (Wildman–Crippen MR) is 78.9 cm³/mol. The van der Waals surface area contributed by atoms with Gasteiger partial charge in [0.25, 0.3) is 0 Å². The Morgan fingerprint density at radius 1 is 1.25 bits per heavy atom. The molecule has 0 amide bonds. The Kier molecular flexibility index (Phi) is 4.00. The van der Waals surface area contributed by atoms with Gasteiger partial charge in [-0.2, -0.15) is 0 Å². The summed E-state index contributed by atoms with van der Waals surface area (Å²) in [4.78, 5) is 12.0. The van der Waals surface area contributed by atoms with E-state index in [0.717, 1.165) is 5.56 Å². The van der Waals surface area contributed by atoms with Gasteiger partial charge < -0.3 is 9.47 Å². The fourth-order valence-electron chi connectivity index (χ4n) is 2.00. The number of carbonyl (C=O) groups excluding carboxylic acids is 1. The molecule has 0 aliphatic carbocycles. The highest BCUT2D eigenvalue weighted by molar-refractivity contribution is 5.81. The highest BCUT2D eigenvalue weighted by Crippen LogP contribution is 2.36. The van der Waals surface area contributed by atoms with E-state index >= 15 is 0 Å². The molecule has 0 saturated carbocycles. The summed E-state index contributed by atoms with van der Waals surface area (Å²) < 4.78 is 11.2. The van der Waals surface area contributed by atoms with Gasteiger partial charge in [-0.1, -0.05) is 63.3 Å². The molecule has 1 heterocycles. The maximum absolute atomic E-state index is 12.0. The first-order valence-corrected chi connectivity index (χ1v) is 6.92. The molecule has 0 radical (unpaired) electrons. The topological polar surface area (TPSA) is 35.5 Å². The molecule has 1 saturated heterocycles. The van der Waals surface area contributed by atoms with Gasteiger partial charge in [-0.3, -0.25) is 0 Å². The van der Waals surface area contributed by atoms with Crippen LogP contribution in [0.1, 0.15) is 39.7 Å². The zero-order valence-electron chi connectivity index (χ0n) is 12.6. The van der Waals surface area contributed by atoms with Gasteiger partial charge in [-0.25, -0.2) is 4.79 Å². The minimum absolute atomic E-state index is 0.212. The van der Waals surface area contributed by atoms with Crippen molar-refractivity contribution in [2.45, 2.75) is 46.0 Å². The van der Waals surface area contributed by atoms with Crippen molar-refractivity contribution in [2.75, 3.05) is 0 Å². The summed E-state index contributed by atoms with van der Waals surface area (Å²) in [5, 5.41) is 0. The van der Waals surface area contributed by atoms with Crippen LogP contribution in [0.25, 0.3) is 6.08 Å². The standard InChI is InChI=1S/C17H22O3/c1-16(2,3)15-19-14(18)17(4,20-15)12-8-11-13-9-6-5-7-10-13/h5-11,15H,12H2,1-4H3/b11-8+/t15-,17-/m1/s1. The second-order valence-electron chi connectivity index (χ2n) is 6.47. The van der Waals surface area contributed by atoms with Gasteiger partial charge in [0.05, 0.1) is 0 Å². The van der Waals surface area contributed by atoms with Crippen LogP contribution in [-0.2, 0) is 14.3 Å². The van der Waals surface area contributed by atoms with E-state index in [0.29, 0.717) is 6.42 Å². The summed E-state index contributed by atoms with van der Waals surface area (Å²) in [5.74, 6) is -0.282. The zero-order valence-corrected chi connectivity index (χ0v) is 12.6. The number of hydrogen-bond acceptors (Lipinski definition) is 3. The van der Waals surface area contributed by atoms with E-state index in [2.05, 4.69) is 0 Å². The van der Waals surface area contributed by atoms with Crippen LogP contribution in [0.5, 0.6) is 0 Å². The quantitative estimate of drug-likeness (QED) is 0.787. The van der Waals surface area contributed by atoms with E-state index in [1.807, 2.05) is 63.3 Å². The molecule has 3 heteroatoms. The molecule has 0 bridgehead atoms. The minimum Gasteiger partial charge on any atom is -0.433 e. The number of carbonyl (C=O) groups is 1. The normalized spacial score (nSPS) is 27.0. The van der Waals surface area contributed by atoms with Crippen molar-refractivity contribution in [3.8, 4) is 0 Å². The van der Waals surface area contributed by atoms with Crippen LogP contribution in [0, 0.1) is 5.41 Å². The highest BCUT2D eigenvalue weighted by atomic mass is 16.8. The van der Waals surface area contributed by atoms with Crippen molar-refractivity contribution in [1.82, 2.24) is 0 Å². The Hall–Kier alpha value is -1.61. The van der Waals surface area contributed by atoms with Gasteiger partial charge in [-0.15, -0.1) is 0 Å². The largest absolute Gasteiger partial charge is 0.433 e. The molecule has 0 N–H and O–H groups in total. The van der Waals surface area contributed by atoms with Crippen molar-refractivity contribution in [2.24, 2.45) is 5.41 Å². The molecule has 1 aromatic carbocycles. The van der Waals surface area contributed by atoms with Crippen LogP contribution in [-0.4, -0.2) is 17.9 Å². The number of benzene rings is 1. The smallest absolute Gasteiger partial charge is 0.340 e. The second-order valence-corrected chi connectivity index (χ2v) is 6.47. The van der Waals surface area contributed by atoms with Gasteiger partial charge in [0.15, 0.2) is 5.60 Å². The third kappa shape index (κ3) is 3.28. The van der Waals surface area contributed by atoms with Crippen LogP contribution >= 0.6 is 0 Å². The lowest BCUT2D eigenvalue weighted by Crippen LogP contribution is -2.33. The van der Waals surface area contributed by atoms with Crippen molar-refractivity contribution >= 4 is 12.0 Å². The summed E-state index contributed by atoms with van der Waals surface area (Å²) in [5.41, 5.74) is 0.00890. The van der Waals surface area contributed by atoms with Gasteiger partial charge in [0.2, 0.25) is 6.29 Å². The minimum atomic E-state index is -0.886. The fraction of sp³-hybridized carbons (Fsp3) is 0.471. The van der Waals surface area contributed by atoms with Gasteiger partial charge >= 0.3 is 5.97 Å². The van der Waals surface area contributed by atoms with E-state index < -0.39 is 11.9 Å². The van der Waals surface area contributed by atoms with Gasteiger partial charge in [0.1, 0.15) is 0 Å². The Morgan fingerprint density at radius 3 is 2.45 bits per heavy atom. The average molecular weight is 274 g/mol. The predicted octanol–water partition coefficient (Wildman–Crippen LogP) is 3.79. The van der Waals surface area contributed by atoms with Gasteiger partial charge in [0, 0.05) is 11.8 Å². The number of ether oxygens (including phenoxy) is 2. The lowest BCUT2D eigenvalue weighted by molar-refractivity contribution is -0.155. The summed E-state index contributed by atoms with van der Waals surface area (Å²) >= 11 is 0. The van der Waals surface area contributed by atoms with E-state index in [4.69, 9.17) is 9.47 Å². The first kappa shape index (κ1) is 14.8. The molecule has 0 aromatic heterocycles. The molecule has 108 valence electrons. The summed E-state index contributed by atoms with van der Waals surface area (Å²) in [6, 6.07) is 9.98. The molecule has 1 fully saturated rings. The summed E-state index contributed by atoms with van der Waals surface area (Å²) in [6.07, 6.45) is 3.98. The third-order valence-electron chi connectivity index (χ3n) is 3.34. The number of rotatable bonds is 3. The van der Waals surface area contributed by atoms with Crippen LogP contribution in [0.3, 0.4) is 0 Å². The second kappa shape index (κ2) is 5.41. The Labute approximate surface area is 120 Å². The molecular formula is C17H22O3. The SMILES string of the molecule is CC(C)(C)[C@@H]1OC(=O)[C@@](C)(C/C=C/c2ccccc2)O1. The molecule has 0 unspecified atom stereocenters. The van der Waals surface area contributed by atoms with Crippen LogP contribution in [0.2, 0.25) is 0 Å². The maximum atomic E-state index is 12.0. The molecule has 1 aliphatic heterocycles.